The van der Waals surface area contributed by atoms with E-state index in [1.54, 1.807) is 0 Å². The summed E-state index contributed by atoms with van der Waals surface area (Å²) in [7, 11) is 0. The van der Waals surface area contributed by atoms with Crippen LogP contribution in [0.3, 0.4) is 0 Å². The van der Waals surface area contributed by atoms with Crippen LogP contribution in [0, 0.1) is 0 Å². The molecule has 0 saturated heterocycles. The first kappa shape index (κ1) is 15.7. The van der Waals surface area contributed by atoms with E-state index in [9.17, 15) is 4.79 Å². The highest BCUT2D eigenvalue weighted by molar-refractivity contribution is 5.84. The second-order valence-electron chi connectivity index (χ2n) is 5.03. The molecular weight excluding hydrogens is 236 g/mol. The fraction of sp³-hybridized carbons (Fsp3) is 0.562. The highest BCUT2D eigenvalue weighted by Crippen LogP contribution is 2.22. The predicted octanol–water partition coefficient (Wildman–Crippen LogP) is 2.81. The van der Waals surface area contributed by atoms with Crippen molar-refractivity contribution in [2.24, 2.45) is 5.73 Å². The average Bonchev–Trinajstić information content (AvgIpc) is 2.47. The molecule has 0 heterocycles. The minimum atomic E-state index is -0.259. The van der Waals surface area contributed by atoms with Gasteiger partial charge in [0.15, 0.2) is 0 Å². The Hall–Kier alpha value is -1.35. The number of amides is 1. The molecule has 3 heteroatoms. The average molecular weight is 262 g/mol. The number of rotatable bonds is 7. The second-order valence-corrected chi connectivity index (χ2v) is 5.03. The molecule has 0 aliphatic rings. The van der Waals surface area contributed by atoms with Crippen LogP contribution in [0.2, 0.25) is 0 Å². The van der Waals surface area contributed by atoms with Crippen molar-refractivity contribution in [2.45, 2.75) is 51.5 Å². The monoisotopic (exact) mass is 262 g/mol. The van der Waals surface area contributed by atoms with Crippen molar-refractivity contribution in [3.05, 3.63) is 35.9 Å². The van der Waals surface area contributed by atoms with Crippen molar-refractivity contribution in [1.82, 2.24) is 5.32 Å². The third-order valence-corrected chi connectivity index (χ3v) is 4.17. The van der Waals surface area contributed by atoms with Crippen LogP contribution < -0.4 is 11.1 Å². The molecule has 1 unspecified atom stereocenters. The second kappa shape index (κ2) is 7.29. The highest BCUT2D eigenvalue weighted by Gasteiger charge is 2.29. The van der Waals surface area contributed by atoms with Crippen LogP contribution in [-0.2, 0) is 4.79 Å². The van der Waals surface area contributed by atoms with E-state index in [-0.39, 0.29) is 17.4 Å². The Kier molecular flexibility index (Phi) is 6.03. The van der Waals surface area contributed by atoms with Gasteiger partial charge in [0.05, 0.1) is 5.92 Å². The molecule has 0 aromatic heterocycles. The molecule has 1 aromatic carbocycles. The zero-order valence-corrected chi connectivity index (χ0v) is 12.3. The van der Waals surface area contributed by atoms with E-state index in [2.05, 4.69) is 26.1 Å². The molecule has 1 aromatic rings. The van der Waals surface area contributed by atoms with E-state index in [0.29, 0.717) is 6.54 Å². The first-order valence-corrected chi connectivity index (χ1v) is 7.19. The molecule has 0 aliphatic carbocycles. The van der Waals surface area contributed by atoms with Crippen LogP contribution in [0.5, 0.6) is 0 Å². The Bertz CT molecular complexity index is 377. The standard InChI is InChI=1S/C16H26N2O/c1-4-16(5-2,6-3)18-15(19)14(12-17)13-10-8-7-9-11-13/h7-11,14H,4-6,12,17H2,1-3H3,(H,18,19). The normalized spacial score (nSPS) is 13.1. The molecule has 3 nitrogen and oxygen atoms in total. The molecule has 106 valence electrons. The molecule has 0 radical (unpaired) electrons. The zero-order valence-electron chi connectivity index (χ0n) is 12.3. The quantitative estimate of drug-likeness (QED) is 0.794. The lowest BCUT2D eigenvalue weighted by atomic mass is 9.88. The SMILES string of the molecule is CCC(CC)(CC)NC(=O)C(CN)c1ccccc1. The number of hydrogen-bond donors (Lipinski definition) is 2. The summed E-state index contributed by atoms with van der Waals surface area (Å²) in [5, 5.41) is 3.21. The first-order valence-electron chi connectivity index (χ1n) is 7.19. The summed E-state index contributed by atoms with van der Waals surface area (Å²) in [6, 6.07) is 9.75. The first-order chi connectivity index (χ1) is 9.12. The molecule has 1 amide bonds. The van der Waals surface area contributed by atoms with Gasteiger partial charge in [-0.15, -0.1) is 0 Å². The van der Waals surface area contributed by atoms with Crippen molar-refractivity contribution in [1.29, 1.82) is 0 Å². The summed E-state index contributed by atoms with van der Waals surface area (Å²) in [6.45, 7) is 6.69. The van der Waals surface area contributed by atoms with Gasteiger partial charge >= 0.3 is 0 Å². The van der Waals surface area contributed by atoms with Gasteiger partial charge in [0.2, 0.25) is 5.91 Å². The van der Waals surface area contributed by atoms with Gasteiger partial charge in [0.1, 0.15) is 0 Å². The Morgan fingerprint density at radius 1 is 1.16 bits per heavy atom. The lowest BCUT2D eigenvalue weighted by Crippen LogP contribution is -2.49. The lowest BCUT2D eigenvalue weighted by molar-refractivity contribution is -0.124. The molecule has 0 fully saturated rings. The molecule has 0 bridgehead atoms. The third-order valence-electron chi connectivity index (χ3n) is 4.17. The molecule has 0 saturated carbocycles. The van der Waals surface area contributed by atoms with Gasteiger partial charge in [-0.05, 0) is 24.8 Å². The number of carbonyl (C=O) groups is 1. The fourth-order valence-electron chi connectivity index (χ4n) is 2.44. The minimum Gasteiger partial charge on any atom is -0.350 e. The van der Waals surface area contributed by atoms with E-state index in [1.807, 2.05) is 30.3 Å². The summed E-state index contributed by atoms with van der Waals surface area (Å²) in [4.78, 5) is 12.5. The maximum Gasteiger partial charge on any atom is 0.229 e. The maximum absolute atomic E-state index is 12.5. The summed E-state index contributed by atoms with van der Waals surface area (Å²) >= 11 is 0. The Morgan fingerprint density at radius 2 is 1.68 bits per heavy atom. The number of benzene rings is 1. The number of hydrogen-bond acceptors (Lipinski definition) is 2. The number of nitrogens with one attached hydrogen (secondary N) is 1. The van der Waals surface area contributed by atoms with E-state index < -0.39 is 0 Å². The van der Waals surface area contributed by atoms with Crippen molar-refractivity contribution in [3.8, 4) is 0 Å². The molecule has 1 rings (SSSR count). The molecule has 1 atom stereocenters. The van der Waals surface area contributed by atoms with E-state index in [0.717, 1.165) is 24.8 Å². The van der Waals surface area contributed by atoms with Gasteiger partial charge in [-0.3, -0.25) is 4.79 Å². The minimum absolute atomic E-state index is 0.0410. The van der Waals surface area contributed by atoms with Crippen molar-refractivity contribution < 1.29 is 4.79 Å². The summed E-state index contributed by atoms with van der Waals surface area (Å²) in [5.74, 6) is -0.218. The summed E-state index contributed by atoms with van der Waals surface area (Å²) in [6.07, 6.45) is 2.83. The van der Waals surface area contributed by atoms with Gasteiger partial charge in [-0.25, -0.2) is 0 Å². The lowest BCUT2D eigenvalue weighted by Gasteiger charge is -2.33. The number of carbonyl (C=O) groups excluding carboxylic acids is 1. The van der Waals surface area contributed by atoms with E-state index in [1.165, 1.54) is 0 Å². The molecule has 19 heavy (non-hydrogen) atoms. The van der Waals surface area contributed by atoms with E-state index >= 15 is 0 Å². The summed E-state index contributed by atoms with van der Waals surface area (Å²) in [5.41, 5.74) is 6.68. The smallest absolute Gasteiger partial charge is 0.229 e. The maximum atomic E-state index is 12.5. The van der Waals surface area contributed by atoms with E-state index in [4.69, 9.17) is 5.73 Å². The zero-order chi connectivity index (χ0) is 14.3. The van der Waals surface area contributed by atoms with Crippen LogP contribution in [0.25, 0.3) is 0 Å². The van der Waals surface area contributed by atoms with Crippen LogP contribution in [-0.4, -0.2) is 18.0 Å². The van der Waals surface area contributed by atoms with Gasteiger partial charge < -0.3 is 11.1 Å². The van der Waals surface area contributed by atoms with Gasteiger partial charge in [-0.1, -0.05) is 51.1 Å². The van der Waals surface area contributed by atoms with Crippen LogP contribution in [0.4, 0.5) is 0 Å². The topological polar surface area (TPSA) is 55.1 Å². The Morgan fingerprint density at radius 3 is 2.11 bits per heavy atom. The number of nitrogens with two attached hydrogens (primary N) is 1. The largest absolute Gasteiger partial charge is 0.350 e. The van der Waals surface area contributed by atoms with Crippen LogP contribution >= 0.6 is 0 Å². The third kappa shape index (κ3) is 3.80. The van der Waals surface area contributed by atoms with Gasteiger partial charge in [-0.2, -0.15) is 0 Å². The Labute approximate surface area is 116 Å². The molecule has 0 aliphatic heterocycles. The molecule has 0 spiro atoms. The van der Waals surface area contributed by atoms with Crippen LogP contribution in [0.1, 0.15) is 51.5 Å². The van der Waals surface area contributed by atoms with Crippen molar-refractivity contribution in [3.63, 3.8) is 0 Å². The highest BCUT2D eigenvalue weighted by atomic mass is 16.2. The van der Waals surface area contributed by atoms with Crippen molar-refractivity contribution in [2.75, 3.05) is 6.54 Å². The molecular formula is C16H26N2O. The van der Waals surface area contributed by atoms with Gasteiger partial charge in [0, 0.05) is 12.1 Å². The molecule has 3 N–H and O–H groups in total. The van der Waals surface area contributed by atoms with Crippen LogP contribution in [0.15, 0.2) is 30.3 Å². The Balaban J connectivity index is 2.86. The van der Waals surface area contributed by atoms with Gasteiger partial charge in [0.25, 0.3) is 0 Å². The summed E-state index contributed by atoms with van der Waals surface area (Å²) < 4.78 is 0. The van der Waals surface area contributed by atoms with Crippen molar-refractivity contribution >= 4 is 5.91 Å². The fourth-order valence-corrected chi connectivity index (χ4v) is 2.44. The predicted molar refractivity (Wildman–Crippen MR) is 80.0 cm³/mol.